The zero-order valence-corrected chi connectivity index (χ0v) is 13.9. The van der Waals surface area contributed by atoms with E-state index in [9.17, 15) is 22.7 Å². The largest absolute Gasteiger partial charge is 0.507 e. The molecule has 0 bridgehead atoms. The van der Waals surface area contributed by atoms with Crippen LogP contribution < -0.4 is 0 Å². The first-order valence-corrected chi connectivity index (χ1v) is 9.02. The first-order chi connectivity index (χ1) is 11.9. The van der Waals surface area contributed by atoms with Crippen LogP contribution >= 0.6 is 11.3 Å². The number of H-pyrrole nitrogens is 1. The molecule has 3 rings (SSSR count). The molecule has 0 spiro atoms. The number of aliphatic hydroxyl groups excluding tert-OH is 1. The van der Waals surface area contributed by atoms with Gasteiger partial charge in [0.05, 0.1) is 4.90 Å². The number of allylic oxidation sites excluding steroid dienone is 1. The van der Waals surface area contributed by atoms with Gasteiger partial charge in [-0.05, 0) is 35.5 Å². The average molecular weight is 380 g/mol. The number of hydrogen-bond donors (Lipinski definition) is 2. The standard InChI is InChI=1S/C14H9FN4O4S2/c15-9-1-3-10(4-2-9)25(22,23)13-5-8(7-24-13)11(20)6-12(21)14-16-18-19-17-14/h1-7,20H,(H,16,17,18,19). The second kappa shape index (κ2) is 6.53. The van der Waals surface area contributed by atoms with Crippen molar-refractivity contribution < 1.29 is 22.7 Å². The second-order valence-electron chi connectivity index (χ2n) is 4.74. The number of rotatable bonds is 5. The van der Waals surface area contributed by atoms with Gasteiger partial charge in [-0.2, -0.15) is 5.21 Å². The third-order valence-electron chi connectivity index (χ3n) is 3.09. The molecule has 0 saturated carbocycles. The van der Waals surface area contributed by atoms with E-state index in [0.29, 0.717) is 0 Å². The Morgan fingerprint density at radius 1 is 1.28 bits per heavy atom. The smallest absolute Gasteiger partial charge is 0.244 e. The van der Waals surface area contributed by atoms with Crippen molar-refractivity contribution in [3.05, 3.63) is 59.0 Å². The Morgan fingerprint density at radius 2 is 2.00 bits per heavy atom. The molecular formula is C14H9FN4O4S2. The molecule has 25 heavy (non-hydrogen) atoms. The lowest BCUT2D eigenvalue weighted by Gasteiger charge is -2.01. The molecule has 0 radical (unpaired) electrons. The molecule has 128 valence electrons. The number of nitrogens with one attached hydrogen (secondary N) is 1. The topological polar surface area (TPSA) is 126 Å². The molecule has 0 aliphatic heterocycles. The predicted octanol–water partition coefficient (Wildman–Crippen LogP) is 2.01. The molecule has 8 nitrogen and oxygen atoms in total. The SMILES string of the molecule is O=C(C=C(O)c1csc(S(=O)(=O)c2ccc(F)cc2)c1)c1nn[nH]n1. The molecular weight excluding hydrogens is 371 g/mol. The minimum absolute atomic E-state index is 0.0546. The fourth-order valence-corrected chi connectivity index (χ4v) is 4.44. The molecule has 2 heterocycles. The summed E-state index contributed by atoms with van der Waals surface area (Å²) >= 11 is 0.865. The van der Waals surface area contributed by atoms with Gasteiger partial charge in [-0.15, -0.1) is 21.5 Å². The van der Waals surface area contributed by atoms with Crippen molar-refractivity contribution in [1.82, 2.24) is 20.6 Å². The fourth-order valence-electron chi connectivity index (χ4n) is 1.86. The van der Waals surface area contributed by atoms with Crippen molar-refractivity contribution in [3.63, 3.8) is 0 Å². The molecule has 0 unspecified atom stereocenters. The molecule has 2 aromatic heterocycles. The first-order valence-electron chi connectivity index (χ1n) is 6.66. The summed E-state index contributed by atoms with van der Waals surface area (Å²) in [6, 6.07) is 5.61. The van der Waals surface area contributed by atoms with Crippen molar-refractivity contribution in [1.29, 1.82) is 0 Å². The van der Waals surface area contributed by atoms with Crippen LogP contribution in [0.25, 0.3) is 5.76 Å². The summed E-state index contributed by atoms with van der Waals surface area (Å²) in [6.45, 7) is 0. The van der Waals surface area contributed by atoms with E-state index in [1.54, 1.807) is 0 Å². The van der Waals surface area contributed by atoms with Crippen molar-refractivity contribution in [3.8, 4) is 0 Å². The Kier molecular flexibility index (Phi) is 4.42. The molecule has 0 amide bonds. The van der Waals surface area contributed by atoms with Crippen LogP contribution in [0.2, 0.25) is 0 Å². The van der Waals surface area contributed by atoms with Crippen LogP contribution in [0, 0.1) is 5.82 Å². The molecule has 0 aliphatic rings. The van der Waals surface area contributed by atoms with Crippen LogP contribution in [0.4, 0.5) is 4.39 Å². The van der Waals surface area contributed by atoms with E-state index < -0.39 is 27.2 Å². The van der Waals surface area contributed by atoms with Gasteiger partial charge in [0.15, 0.2) is 0 Å². The van der Waals surface area contributed by atoms with E-state index in [0.717, 1.165) is 41.7 Å². The van der Waals surface area contributed by atoms with Gasteiger partial charge >= 0.3 is 0 Å². The summed E-state index contributed by atoms with van der Waals surface area (Å²) < 4.78 is 37.8. The molecule has 2 N–H and O–H groups in total. The van der Waals surface area contributed by atoms with Crippen LogP contribution in [0.3, 0.4) is 0 Å². The summed E-state index contributed by atoms with van der Waals surface area (Å²) in [4.78, 5) is 11.7. The highest BCUT2D eigenvalue weighted by atomic mass is 32.2. The number of tetrazole rings is 1. The summed E-state index contributed by atoms with van der Waals surface area (Å²) in [5, 5.41) is 23.7. The van der Waals surface area contributed by atoms with Gasteiger partial charge in [0.25, 0.3) is 0 Å². The van der Waals surface area contributed by atoms with Gasteiger partial charge in [0, 0.05) is 17.0 Å². The number of benzene rings is 1. The van der Waals surface area contributed by atoms with E-state index >= 15 is 0 Å². The van der Waals surface area contributed by atoms with Crippen molar-refractivity contribution in [2.75, 3.05) is 0 Å². The van der Waals surface area contributed by atoms with Gasteiger partial charge < -0.3 is 5.11 Å². The number of carbonyl (C=O) groups is 1. The van der Waals surface area contributed by atoms with E-state index in [1.807, 2.05) is 0 Å². The van der Waals surface area contributed by atoms with Gasteiger partial charge in [0.1, 0.15) is 15.8 Å². The number of carbonyl (C=O) groups excluding carboxylic acids is 1. The molecule has 0 aliphatic carbocycles. The van der Waals surface area contributed by atoms with Crippen LogP contribution in [-0.4, -0.2) is 39.9 Å². The Hall–Kier alpha value is -2.92. The average Bonchev–Trinajstić information content (AvgIpc) is 3.27. The van der Waals surface area contributed by atoms with Gasteiger partial charge in [-0.25, -0.2) is 12.8 Å². The number of nitrogens with zero attached hydrogens (tertiary/aromatic N) is 3. The summed E-state index contributed by atoms with van der Waals surface area (Å²) in [7, 11) is -3.85. The normalized spacial score (nSPS) is 12.3. The van der Waals surface area contributed by atoms with Crippen LogP contribution in [0.1, 0.15) is 16.2 Å². The van der Waals surface area contributed by atoms with Gasteiger partial charge in [-0.1, -0.05) is 0 Å². The van der Waals surface area contributed by atoms with E-state index in [-0.39, 0.29) is 20.5 Å². The number of halogens is 1. The molecule has 0 atom stereocenters. The van der Waals surface area contributed by atoms with Crippen molar-refractivity contribution in [2.24, 2.45) is 0 Å². The maximum absolute atomic E-state index is 12.9. The highest BCUT2D eigenvalue weighted by molar-refractivity contribution is 7.93. The zero-order valence-electron chi connectivity index (χ0n) is 12.2. The second-order valence-corrected chi connectivity index (χ2v) is 7.83. The number of thiophene rings is 1. The number of aromatic amines is 1. The van der Waals surface area contributed by atoms with Gasteiger partial charge in [0.2, 0.25) is 21.4 Å². The quantitative estimate of drug-likeness (QED) is 0.300. The highest BCUT2D eigenvalue weighted by Crippen LogP contribution is 2.29. The van der Waals surface area contributed by atoms with Crippen LogP contribution in [0.15, 0.2) is 50.9 Å². The van der Waals surface area contributed by atoms with Crippen LogP contribution in [-0.2, 0) is 9.84 Å². The lowest BCUT2D eigenvalue weighted by atomic mass is 10.2. The Balaban J connectivity index is 1.89. The number of aliphatic hydroxyl groups is 1. The Morgan fingerprint density at radius 3 is 2.64 bits per heavy atom. The maximum Gasteiger partial charge on any atom is 0.244 e. The van der Waals surface area contributed by atoms with E-state index in [4.69, 9.17) is 0 Å². The highest BCUT2D eigenvalue weighted by Gasteiger charge is 2.21. The fraction of sp³-hybridized carbons (Fsp3) is 0. The van der Waals surface area contributed by atoms with E-state index in [1.165, 1.54) is 11.4 Å². The first kappa shape index (κ1) is 16.9. The third-order valence-corrected chi connectivity index (χ3v) is 6.30. The molecule has 3 aromatic rings. The third kappa shape index (κ3) is 3.46. The van der Waals surface area contributed by atoms with Crippen LogP contribution in [0.5, 0.6) is 0 Å². The predicted molar refractivity (Wildman–Crippen MR) is 85.3 cm³/mol. The summed E-state index contributed by atoms with van der Waals surface area (Å²) in [5.41, 5.74) is 0.141. The monoisotopic (exact) mass is 380 g/mol. The Labute approximate surface area is 144 Å². The summed E-state index contributed by atoms with van der Waals surface area (Å²) in [6.07, 6.45) is 0.862. The van der Waals surface area contributed by atoms with E-state index in [2.05, 4.69) is 20.6 Å². The molecule has 1 aromatic carbocycles. The maximum atomic E-state index is 12.9. The zero-order chi connectivity index (χ0) is 18.0. The molecule has 11 heteroatoms. The van der Waals surface area contributed by atoms with Gasteiger partial charge in [-0.3, -0.25) is 4.79 Å². The molecule has 0 saturated heterocycles. The number of sulfone groups is 1. The summed E-state index contributed by atoms with van der Waals surface area (Å²) in [5.74, 6) is -1.92. The number of hydrogen-bond acceptors (Lipinski definition) is 8. The number of aromatic nitrogens is 4. The molecule has 0 fully saturated rings. The minimum atomic E-state index is -3.85. The van der Waals surface area contributed by atoms with Crippen molar-refractivity contribution in [2.45, 2.75) is 9.10 Å². The minimum Gasteiger partial charge on any atom is -0.507 e. The Bertz CT molecular complexity index is 1040. The lowest BCUT2D eigenvalue weighted by Crippen LogP contribution is -2.00. The van der Waals surface area contributed by atoms with Crippen molar-refractivity contribution >= 4 is 32.7 Å². The number of ketones is 1. The lowest BCUT2D eigenvalue weighted by molar-refractivity contribution is 0.103.